The average molecular weight is 285 g/mol. The molecule has 0 spiro atoms. The zero-order valence-electron chi connectivity index (χ0n) is 11.6. The maximum absolute atomic E-state index is 12.1. The molecular formula is C14H23NO3S. The van der Waals surface area contributed by atoms with Crippen LogP contribution in [-0.2, 0) is 14.4 Å². The zero-order chi connectivity index (χ0) is 13.7. The van der Waals surface area contributed by atoms with Gasteiger partial charge in [0.25, 0.3) is 11.8 Å². The highest BCUT2D eigenvalue weighted by atomic mass is 32.2. The van der Waals surface area contributed by atoms with Gasteiger partial charge in [-0.25, -0.2) is 0 Å². The van der Waals surface area contributed by atoms with Crippen molar-refractivity contribution in [1.82, 2.24) is 5.06 Å². The number of hydroxylamine groups is 2. The molecular weight excluding hydrogens is 262 g/mol. The molecule has 0 aromatic rings. The van der Waals surface area contributed by atoms with Crippen molar-refractivity contribution in [3.8, 4) is 0 Å². The van der Waals surface area contributed by atoms with Crippen LogP contribution in [0.5, 0.6) is 0 Å². The first-order chi connectivity index (χ1) is 9.22. The second-order valence-electron chi connectivity index (χ2n) is 5.31. The molecule has 2 fully saturated rings. The van der Waals surface area contributed by atoms with Crippen LogP contribution in [-0.4, -0.2) is 34.0 Å². The molecule has 2 rings (SSSR count). The van der Waals surface area contributed by atoms with Crippen molar-refractivity contribution in [2.75, 3.05) is 5.75 Å². The minimum Gasteiger partial charge on any atom is -0.272 e. The van der Waals surface area contributed by atoms with Crippen molar-refractivity contribution in [1.29, 1.82) is 0 Å². The van der Waals surface area contributed by atoms with Gasteiger partial charge in [0.05, 0.1) is 17.8 Å². The number of amides is 2. The van der Waals surface area contributed by atoms with Crippen molar-refractivity contribution >= 4 is 23.6 Å². The molecule has 19 heavy (non-hydrogen) atoms. The van der Waals surface area contributed by atoms with Gasteiger partial charge >= 0.3 is 0 Å². The van der Waals surface area contributed by atoms with Crippen LogP contribution in [0.25, 0.3) is 0 Å². The molecule has 1 aliphatic heterocycles. The van der Waals surface area contributed by atoms with Crippen molar-refractivity contribution in [2.45, 2.75) is 69.6 Å². The second kappa shape index (κ2) is 7.29. The SMILES string of the molecule is CCCSC1CC(=O)N(OC2CCCCCC2)C1=O. The standard InChI is InChI=1S/C14H23NO3S/c1-2-9-19-12-10-13(16)15(14(12)17)18-11-7-5-3-4-6-8-11/h11-12H,2-10H2,1H3. The van der Waals surface area contributed by atoms with Crippen LogP contribution in [0.15, 0.2) is 0 Å². The number of nitrogens with zero attached hydrogens (tertiary/aromatic N) is 1. The van der Waals surface area contributed by atoms with E-state index in [0.29, 0.717) is 6.42 Å². The van der Waals surface area contributed by atoms with Gasteiger partial charge < -0.3 is 0 Å². The fourth-order valence-corrected chi connectivity index (χ4v) is 3.60. The highest BCUT2D eigenvalue weighted by Gasteiger charge is 2.41. The summed E-state index contributed by atoms with van der Waals surface area (Å²) in [5, 5.41) is 0.835. The quantitative estimate of drug-likeness (QED) is 0.575. The van der Waals surface area contributed by atoms with Crippen molar-refractivity contribution in [3.05, 3.63) is 0 Å². The molecule has 5 heteroatoms. The minimum absolute atomic E-state index is 0.0466. The van der Waals surface area contributed by atoms with Crippen LogP contribution in [0.3, 0.4) is 0 Å². The van der Waals surface area contributed by atoms with Gasteiger partial charge in [-0.2, -0.15) is 5.06 Å². The molecule has 1 unspecified atom stereocenters. The van der Waals surface area contributed by atoms with E-state index in [2.05, 4.69) is 6.92 Å². The Bertz CT molecular complexity index is 327. The fourth-order valence-electron chi connectivity index (χ4n) is 2.58. The van der Waals surface area contributed by atoms with Gasteiger partial charge in [-0.1, -0.05) is 32.6 Å². The predicted molar refractivity (Wildman–Crippen MR) is 75.6 cm³/mol. The van der Waals surface area contributed by atoms with Crippen molar-refractivity contribution in [3.63, 3.8) is 0 Å². The van der Waals surface area contributed by atoms with E-state index in [1.54, 1.807) is 11.8 Å². The van der Waals surface area contributed by atoms with Crippen LogP contribution in [0.1, 0.15) is 58.3 Å². The summed E-state index contributed by atoms with van der Waals surface area (Å²) < 4.78 is 0. The van der Waals surface area contributed by atoms with Gasteiger partial charge in [0.15, 0.2) is 0 Å². The summed E-state index contributed by atoms with van der Waals surface area (Å²) in [4.78, 5) is 29.7. The molecule has 0 aromatic heterocycles. The molecule has 2 amide bonds. The molecule has 1 atom stereocenters. The van der Waals surface area contributed by atoms with Gasteiger partial charge in [0, 0.05) is 0 Å². The average Bonchev–Trinajstić information content (AvgIpc) is 2.63. The maximum atomic E-state index is 12.1. The smallest absolute Gasteiger partial charge is 0.267 e. The Labute approximate surface area is 119 Å². The molecule has 1 saturated heterocycles. The summed E-state index contributed by atoms with van der Waals surface area (Å²) in [5.41, 5.74) is 0. The lowest BCUT2D eigenvalue weighted by Gasteiger charge is -2.21. The minimum atomic E-state index is -0.224. The number of carbonyl (C=O) groups excluding carboxylic acids is 2. The van der Waals surface area contributed by atoms with Gasteiger partial charge in [-0.15, -0.1) is 11.8 Å². The maximum Gasteiger partial charge on any atom is 0.267 e. The molecule has 0 N–H and O–H groups in total. The Hall–Kier alpha value is -0.550. The van der Waals surface area contributed by atoms with E-state index in [1.165, 1.54) is 12.8 Å². The Balaban J connectivity index is 1.88. The van der Waals surface area contributed by atoms with Gasteiger partial charge in [-0.05, 0) is 25.0 Å². The summed E-state index contributed by atoms with van der Waals surface area (Å²) in [6, 6.07) is 0. The first-order valence-corrected chi connectivity index (χ1v) is 8.42. The Morgan fingerprint density at radius 1 is 1.21 bits per heavy atom. The topological polar surface area (TPSA) is 46.6 Å². The third-order valence-electron chi connectivity index (χ3n) is 3.64. The molecule has 1 aliphatic carbocycles. The molecule has 108 valence electrons. The number of thioether (sulfide) groups is 1. The Morgan fingerprint density at radius 2 is 1.89 bits per heavy atom. The van der Waals surface area contributed by atoms with Crippen LogP contribution in [0.2, 0.25) is 0 Å². The molecule has 4 nitrogen and oxygen atoms in total. The molecule has 1 saturated carbocycles. The summed E-state index contributed by atoms with van der Waals surface area (Å²) in [7, 11) is 0. The molecule has 1 heterocycles. The number of rotatable bonds is 5. The Morgan fingerprint density at radius 3 is 2.53 bits per heavy atom. The second-order valence-corrected chi connectivity index (χ2v) is 6.62. The lowest BCUT2D eigenvalue weighted by Crippen LogP contribution is -2.35. The van der Waals surface area contributed by atoms with Gasteiger partial charge in [-0.3, -0.25) is 14.4 Å². The van der Waals surface area contributed by atoms with E-state index in [0.717, 1.165) is 42.9 Å². The lowest BCUT2D eigenvalue weighted by molar-refractivity contribution is -0.203. The largest absolute Gasteiger partial charge is 0.272 e. The van der Waals surface area contributed by atoms with E-state index in [4.69, 9.17) is 4.84 Å². The highest BCUT2D eigenvalue weighted by molar-refractivity contribution is 8.00. The fraction of sp³-hybridized carbons (Fsp3) is 0.857. The zero-order valence-corrected chi connectivity index (χ0v) is 12.4. The highest BCUT2D eigenvalue weighted by Crippen LogP contribution is 2.28. The van der Waals surface area contributed by atoms with E-state index >= 15 is 0 Å². The number of imide groups is 1. The predicted octanol–water partition coefficient (Wildman–Crippen LogP) is 2.91. The van der Waals surface area contributed by atoms with Crippen LogP contribution < -0.4 is 0 Å². The van der Waals surface area contributed by atoms with Gasteiger partial charge in [0.1, 0.15) is 0 Å². The number of hydrogen-bond donors (Lipinski definition) is 0. The summed E-state index contributed by atoms with van der Waals surface area (Å²) in [6.45, 7) is 2.08. The number of hydrogen-bond acceptors (Lipinski definition) is 4. The third kappa shape index (κ3) is 3.96. The normalized spacial score (nSPS) is 25.9. The van der Waals surface area contributed by atoms with Crippen LogP contribution in [0.4, 0.5) is 0 Å². The molecule has 0 aromatic carbocycles. The van der Waals surface area contributed by atoms with Crippen molar-refractivity contribution in [2.24, 2.45) is 0 Å². The number of carbonyl (C=O) groups is 2. The van der Waals surface area contributed by atoms with E-state index in [1.807, 2.05) is 0 Å². The summed E-state index contributed by atoms with van der Waals surface area (Å²) in [6.07, 6.45) is 8.03. The van der Waals surface area contributed by atoms with E-state index < -0.39 is 0 Å². The Kier molecular flexibility index (Phi) is 5.70. The van der Waals surface area contributed by atoms with Crippen molar-refractivity contribution < 1.29 is 14.4 Å². The van der Waals surface area contributed by atoms with E-state index in [-0.39, 0.29) is 23.2 Å². The first kappa shape index (κ1) is 14.9. The summed E-state index contributed by atoms with van der Waals surface area (Å²) >= 11 is 1.57. The third-order valence-corrected chi connectivity index (χ3v) is 5.06. The monoisotopic (exact) mass is 285 g/mol. The lowest BCUT2D eigenvalue weighted by atomic mass is 10.2. The molecule has 2 aliphatic rings. The van der Waals surface area contributed by atoms with Gasteiger partial charge in [0.2, 0.25) is 0 Å². The van der Waals surface area contributed by atoms with Crippen LogP contribution in [0, 0.1) is 0 Å². The molecule has 0 bridgehead atoms. The molecule has 0 radical (unpaired) electrons. The summed E-state index contributed by atoms with van der Waals surface area (Å²) in [5.74, 6) is 0.608. The van der Waals surface area contributed by atoms with Crippen LogP contribution >= 0.6 is 11.8 Å². The first-order valence-electron chi connectivity index (χ1n) is 7.37. The van der Waals surface area contributed by atoms with E-state index in [9.17, 15) is 9.59 Å².